The molecule has 8 heteroatoms. The molecule has 2 aromatic carbocycles. The summed E-state index contributed by atoms with van der Waals surface area (Å²) in [6, 6.07) is 11.7. The molecule has 0 bridgehead atoms. The minimum absolute atomic E-state index is 0.116. The molecule has 2 heterocycles. The third-order valence-electron chi connectivity index (χ3n) is 6.09. The van der Waals surface area contributed by atoms with Crippen LogP contribution >= 0.6 is 11.8 Å². The van der Waals surface area contributed by atoms with Crippen LogP contribution in [0.2, 0.25) is 0 Å². The number of amidine groups is 1. The summed E-state index contributed by atoms with van der Waals surface area (Å²) in [7, 11) is 1.37. The summed E-state index contributed by atoms with van der Waals surface area (Å²) in [4.78, 5) is 32.6. The lowest BCUT2D eigenvalue weighted by molar-refractivity contribution is -0.136. The number of rotatable bonds is 7. The van der Waals surface area contributed by atoms with Crippen molar-refractivity contribution in [1.82, 2.24) is 10.2 Å². The highest BCUT2D eigenvalue weighted by molar-refractivity contribution is 8.16. The van der Waals surface area contributed by atoms with Crippen LogP contribution in [0.1, 0.15) is 48.1 Å². The second-order valence-electron chi connectivity index (χ2n) is 8.54. The predicted octanol–water partition coefficient (Wildman–Crippen LogP) is 5.29. The molecule has 0 saturated heterocycles. The van der Waals surface area contributed by atoms with Crippen molar-refractivity contribution >= 4 is 28.8 Å². The van der Waals surface area contributed by atoms with Crippen LogP contribution in [0.25, 0.3) is 0 Å². The van der Waals surface area contributed by atoms with Gasteiger partial charge in [0, 0.05) is 12.2 Å². The maximum absolute atomic E-state index is 13.2. The number of halogens is 1. The zero-order valence-electron chi connectivity index (χ0n) is 20.2. The number of carbonyl (C=O) groups is 2. The number of aryl methyl sites for hydroxylation is 2. The standard InChI is InChI=1S/C27H28FN3O3S/c1-5-22-24(26(33)34-4)25(21-11-6-16(2)12-17(21)3)31-20(15-35-27(31)30-22)13-23(32)29-14-18-7-9-19(28)10-8-18/h6-12,15,25H,5,13-14H2,1-4H3,(H,29,32)/t25-/m0/s1. The Kier molecular flexibility index (Phi) is 7.40. The van der Waals surface area contributed by atoms with E-state index in [1.165, 1.54) is 31.0 Å². The molecule has 4 rings (SSSR count). The summed E-state index contributed by atoms with van der Waals surface area (Å²) in [5.74, 6) is -0.915. The number of benzene rings is 2. The Morgan fingerprint density at radius 1 is 1.17 bits per heavy atom. The average Bonchev–Trinajstić information content (AvgIpc) is 3.24. The summed E-state index contributed by atoms with van der Waals surface area (Å²) >= 11 is 1.45. The molecule has 182 valence electrons. The molecule has 1 N–H and O–H groups in total. The van der Waals surface area contributed by atoms with Crippen LogP contribution in [0.3, 0.4) is 0 Å². The number of hydrogen-bond donors (Lipinski definition) is 1. The zero-order chi connectivity index (χ0) is 25.1. The number of nitrogens with one attached hydrogen (secondary N) is 1. The van der Waals surface area contributed by atoms with Crippen LogP contribution in [0, 0.1) is 19.7 Å². The van der Waals surface area contributed by atoms with Gasteiger partial charge in [0.1, 0.15) is 5.82 Å². The number of carbonyl (C=O) groups excluding carboxylic acids is 2. The minimum Gasteiger partial charge on any atom is -0.466 e. The van der Waals surface area contributed by atoms with E-state index in [4.69, 9.17) is 9.73 Å². The van der Waals surface area contributed by atoms with Crippen molar-refractivity contribution in [3.8, 4) is 0 Å². The largest absolute Gasteiger partial charge is 0.466 e. The summed E-state index contributed by atoms with van der Waals surface area (Å²) in [5.41, 5.74) is 5.89. The van der Waals surface area contributed by atoms with Gasteiger partial charge in [0.05, 0.1) is 30.8 Å². The lowest BCUT2D eigenvalue weighted by Gasteiger charge is -2.37. The molecule has 0 aromatic heterocycles. The van der Waals surface area contributed by atoms with Crippen molar-refractivity contribution in [1.29, 1.82) is 0 Å². The Labute approximate surface area is 209 Å². The Balaban J connectivity index is 1.64. The summed E-state index contributed by atoms with van der Waals surface area (Å²) < 4.78 is 18.3. The molecule has 2 aliphatic heterocycles. The van der Waals surface area contributed by atoms with E-state index in [2.05, 4.69) is 11.4 Å². The van der Waals surface area contributed by atoms with Crippen LogP contribution < -0.4 is 5.32 Å². The lowest BCUT2D eigenvalue weighted by atomic mass is 9.89. The number of methoxy groups -OCH3 is 1. The van der Waals surface area contributed by atoms with Gasteiger partial charge in [0.15, 0.2) is 5.17 Å². The molecular formula is C27H28FN3O3S. The number of allylic oxidation sites excluding steroid dienone is 1. The Hall–Kier alpha value is -3.39. The molecule has 0 aliphatic carbocycles. The summed E-state index contributed by atoms with van der Waals surface area (Å²) in [5, 5.41) is 5.55. The molecule has 6 nitrogen and oxygen atoms in total. The van der Waals surface area contributed by atoms with Gasteiger partial charge in [0.25, 0.3) is 0 Å². The average molecular weight is 494 g/mol. The molecule has 2 aliphatic rings. The molecule has 0 spiro atoms. The van der Waals surface area contributed by atoms with E-state index >= 15 is 0 Å². The number of hydrogen-bond acceptors (Lipinski definition) is 6. The van der Waals surface area contributed by atoms with Gasteiger partial charge >= 0.3 is 5.97 Å². The van der Waals surface area contributed by atoms with Crippen molar-refractivity contribution in [3.63, 3.8) is 0 Å². The third-order valence-corrected chi connectivity index (χ3v) is 6.98. The molecule has 0 saturated carbocycles. The molecule has 1 atom stereocenters. The number of thioether (sulfide) groups is 1. The second kappa shape index (κ2) is 10.5. The monoisotopic (exact) mass is 493 g/mol. The Morgan fingerprint density at radius 3 is 2.57 bits per heavy atom. The van der Waals surface area contributed by atoms with E-state index < -0.39 is 12.0 Å². The Bertz CT molecular complexity index is 1250. The van der Waals surface area contributed by atoms with Gasteiger partial charge in [-0.2, -0.15) is 0 Å². The molecule has 0 fully saturated rings. The van der Waals surface area contributed by atoms with E-state index in [1.54, 1.807) is 12.1 Å². The van der Waals surface area contributed by atoms with Crippen molar-refractivity contribution in [2.75, 3.05) is 7.11 Å². The normalized spacial score (nSPS) is 17.1. The van der Waals surface area contributed by atoms with Crippen LogP contribution in [-0.4, -0.2) is 29.1 Å². The first-order chi connectivity index (χ1) is 16.8. The SMILES string of the molecule is CCC1=C(C(=O)OC)[C@H](c2ccc(C)cc2C)N2C(CC(=O)NCc3ccc(F)cc3)=CSC2=N1. The highest BCUT2D eigenvalue weighted by Crippen LogP contribution is 2.46. The predicted molar refractivity (Wildman–Crippen MR) is 136 cm³/mol. The molecule has 2 aromatic rings. The summed E-state index contributed by atoms with van der Waals surface area (Å²) in [6.45, 7) is 6.32. The molecule has 1 amide bonds. The number of esters is 1. The van der Waals surface area contributed by atoms with E-state index in [9.17, 15) is 14.0 Å². The summed E-state index contributed by atoms with van der Waals surface area (Å²) in [6.07, 6.45) is 0.696. The second-order valence-corrected chi connectivity index (χ2v) is 9.38. The fraction of sp³-hybridized carbons (Fsp3) is 0.296. The fourth-order valence-electron chi connectivity index (χ4n) is 4.37. The van der Waals surface area contributed by atoms with Gasteiger partial charge in [0.2, 0.25) is 5.91 Å². The van der Waals surface area contributed by atoms with Crippen molar-refractivity contribution in [3.05, 3.63) is 92.9 Å². The maximum Gasteiger partial charge on any atom is 0.338 e. The van der Waals surface area contributed by atoms with Crippen molar-refractivity contribution in [2.24, 2.45) is 4.99 Å². The third kappa shape index (κ3) is 5.17. The van der Waals surface area contributed by atoms with Crippen LogP contribution in [0.5, 0.6) is 0 Å². The Morgan fingerprint density at radius 2 is 1.91 bits per heavy atom. The number of amides is 1. The van der Waals surface area contributed by atoms with Gasteiger partial charge in [-0.3, -0.25) is 4.79 Å². The minimum atomic E-state index is -0.448. The first-order valence-electron chi connectivity index (χ1n) is 11.5. The highest BCUT2D eigenvalue weighted by Gasteiger charge is 2.41. The lowest BCUT2D eigenvalue weighted by Crippen LogP contribution is -2.38. The quantitative estimate of drug-likeness (QED) is 0.531. The topological polar surface area (TPSA) is 71.0 Å². The molecule has 0 unspecified atom stereocenters. The van der Waals surface area contributed by atoms with Gasteiger partial charge in [-0.25, -0.2) is 14.2 Å². The van der Waals surface area contributed by atoms with E-state index in [0.717, 1.165) is 33.1 Å². The van der Waals surface area contributed by atoms with E-state index in [0.29, 0.717) is 24.2 Å². The van der Waals surface area contributed by atoms with Crippen molar-refractivity contribution in [2.45, 2.75) is 46.2 Å². The van der Waals surface area contributed by atoms with Gasteiger partial charge in [-0.1, -0.05) is 54.6 Å². The number of nitrogens with zero attached hydrogens (tertiary/aromatic N) is 2. The molecule has 35 heavy (non-hydrogen) atoms. The molecule has 0 radical (unpaired) electrons. The first-order valence-corrected chi connectivity index (χ1v) is 12.3. The van der Waals surface area contributed by atoms with Crippen molar-refractivity contribution < 1.29 is 18.7 Å². The first kappa shape index (κ1) is 24.7. The smallest absolute Gasteiger partial charge is 0.338 e. The maximum atomic E-state index is 13.2. The van der Waals surface area contributed by atoms with Gasteiger partial charge in [-0.05, 0) is 54.5 Å². The zero-order valence-corrected chi connectivity index (χ0v) is 21.0. The van der Waals surface area contributed by atoms with E-state index in [-0.39, 0.29) is 18.1 Å². The van der Waals surface area contributed by atoms with Gasteiger partial charge < -0.3 is 15.0 Å². The van der Waals surface area contributed by atoms with E-state index in [1.807, 2.05) is 43.2 Å². The van der Waals surface area contributed by atoms with Crippen LogP contribution in [0.15, 0.2) is 69.8 Å². The van der Waals surface area contributed by atoms with Gasteiger partial charge in [-0.15, -0.1) is 0 Å². The number of fused-ring (bicyclic) bond motifs is 1. The fourth-order valence-corrected chi connectivity index (χ4v) is 5.31. The highest BCUT2D eigenvalue weighted by atomic mass is 32.2. The van der Waals surface area contributed by atoms with Crippen LogP contribution in [0.4, 0.5) is 4.39 Å². The molecular weight excluding hydrogens is 465 g/mol. The number of ether oxygens (including phenoxy) is 1. The van der Waals surface area contributed by atoms with Crippen LogP contribution in [-0.2, 0) is 20.9 Å². The number of aliphatic imine (C=N–C) groups is 1.